The van der Waals surface area contributed by atoms with Crippen LogP contribution in [0.5, 0.6) is 0 Å². The van der Waals surface area contributed by atoms with Gasteiger partial charge in [-0.05, 0) is 25.6 Å². The summed E-state index contributed by atoms with van der Waals surface area (Å²) in [7, 11) is 0. The standard InChI is InChI=1S/C8H12N2OS/c1-8(2-5-11-6-8)10-4-3-9-7(10)12/h3-4H,2,5-6H2,1H3,(H,9,12). The van der Waals surface area contributed by atoms with E-state index < -0.39 is 0 Å². The maximum absolute atomic E-state index is 5.36. The molecule has 2 heterocycles. The van der Waals surface area contributed by atoms with Gasteiger partial charge in [0.15, 0.2) is 4.77 Å². The van der Waals surface area contributed by atoms with Gasteiger partial charge in [0, 0.05) is 19.0 Å². The molecule has 12 heavy (non-hydrogen) atoms. The SMILES string of the molecule is CC1(n2cc[nH]c2=S)CCOC1. The van der Waals surface area contributed by atoms with Crippen LogP contribution in [0.2, 0.25) is 0 Å². The van der Waals surface area contributed by atoms with Crippen molar-refractivity contribution in [3.63, 3.8) is 0 Å². The van der Waals surface area contributed by atoms with E-state index in [1.165, 1.54) is 0 Å². The summed E-state index contributed by atoms with van der Waals surface area (Å²) in [4.78, 5) is 2.99. The number of hydrogen-bond acceptors (Lipinski definition) is 2. The lowest BCUT2D eigenvalue weighted by molar-refractivity contribution is 0.161. The van der Waals surface area contributed by atoms with Gasteiger partial charge in [0.1, 0.15) is 0 Å². The van der Waals surface area contributed by atoms with Crippen LogP contribution in [0.1, 0.15) is 13.3 Å². The van der Waals surface area contributed by atoms with Crippen molar-refractivity contribution in [3.8, 4) is 0 Å². The number of hydrogen-bond donors (Lipinski definition) is 1. The van der Waals surface area contributed by atoms with Crippen LogP contribution in [0.25, 0.3) is 0 Å². The molecule has 0 spiro atoms. The van der Waals surface area contributed by atoms with E-state index in [1.54, 1.807) is 0 Å². The van der Waals surface area contributed by atoms with Gasteiger partial charge in [-0.1, -0.05) is 0 Å². The van der Waals surface area contributed by atoms with E-state index in [9.17, 15) is 0 Å². The van der Waals surface area contributed by atoms with Crippen LogP contribution in [0.4, 0.5) is 0 Å². The lowest BCUT2D eigenvalue weighted by atomic mass is 10.0. The first kappa shape index (κ1) is 8.01. The van der Waals surface area contributed by atoms with Gasteiger partial charge in [-0.25, -0.2) is 0 Å². The summed E-state index contributed by atoms with van der Waals surface area (Å²) >= 11 is 5.15. The summed E-state index contributed by atoms with van der Waals surface area (Å²) in [5.74, 6) is 0. The van der Waals surface area contributed by atoms with E-state index in [0.29, 0.717) is 0 Å². The number of nitrogens with one attached hydrogen (secondary N) is 1. The van der Waals surface area contributed by atoms with Crippen LogP contribution in [-0.2, 0) is 10.3 Å². The van der Waals surface area contributed by atoms with Gasteiger partial charge in [0.25, 0.3) is 0 Å². The fourth-order valence-electron chi connectivity index (χ4n) is 1.59. The highest BCUT2D eigenvalue weighted by molar-refractivity contribution is 7.71. The van der Waals surface area contributed by atoms with Crippen molar-refractivity contribution in [2.75, 3.05) is 13.2 Å². The fourth-order valence-corrected chi connectivity index (χ4v) is 1.94. The van der Waals surface area contributed by atoms with Crippen molar-refractivity contribution in [1.82, 2.24) is 9.55 Å². The molecule has 1 aliphatic rings. The maximum atomic E-state index is 5.36. The van der Waals surface area contributed by atoms with E-state index in [4.69, 9.17) is 17.0 Å². The molecule has 1 aromatic heterocycles. The summed E-state index contributed by atoms with van der Waals surface area (Å²) in [6.07, 6.45) is 4.89. The first-order valence-electron chi connectivity index (χ1n) is 4.07. The second-order valence-corrected chi connectivity index (χ2v) is 3.82. The van der Waals surface area contributed by atoms with Gasteiger partial charge in [-0.2, -0.15) is 0 Å². The van der Waals surface area contributed by atoms with E-state index in [0.717, 1.165) is 24.4 Å². The minimum Gasteiger partial charge on any atom is -0.379 e. The Balaban J connectivity index is 2.41. The molecule has 1 N–H and O–H groups in total. The van der Waals surface area contributed by atoms with Gasteiger partial charge in [-0.15, -0.1) is 0 Å². The topological polar surface area (TPSA) is 29.9 Å². The Morgan fingerprint density at radius 3 is 3.08 bits per heavy atom. The maximum Gasteiger partial charge on any atom is 0.177 e. The molecule has 1 fully saturated rings. The Kier molecular flexibility index (Phi) is 1.81. The van der Waals surface area contributed by atoms with E-state index in [-0.39, 0.29) is 5.54 Å². The lowest BCUT2D eigenvalue weighted by Crippen LogP contribution is -2.29. The van der Waals surface area contributed by atoms with Gasteiger partial charge in [0.05, 0.1) is 12.1 Å². The molecule has 1 atom stereocenters. The van der Waals surface area contributed by atoms with Crippen LogP contribution in [-0.4, -0.2) is 22.8 Å². The number of imidazole rings is 1. The number of aromatic amines is 1. The predicted octanol–water partition coefficient (Wildman–Crippen LogP) is 1.68. The van der Waals surface area contributed by atoms with Crippen LogP contribution < -0.4 is 0 Å². The second-order valence-electron chi connectivity index (χ2n) is 3.43. The molecule has 2 rings (SSSR count). The summed E-state index contributed by atoms with van der Waals surface area (Å²) in [6, 6.07) is 0. The number of nitrogens with zero attached hydrogens (tertiary/aromatic N) is 1. The Labute approximate surface area is 76.4 Å². The number of rotatable bonds is 1. The summed E-state index contributed by atoms with van der Waals surface area (Å²) < 4.78 is 8.22. The van der Waals surface area contributed by atoms with Gasteiger partial charge >= 0.3 is 0 Å². The molecule has 3 nitrogen and oxygen atoms in total. The molecule has 1 unspecified atom stereocenters. The summed E-state index contributed by atoms with van der Waals surface area (Å²) in [6.45, 7) is 3.77. The van der Waals surface area contributed by atoms with Crippen LogP contribution in [0.3, 0.4) is 0 Å². The monoisotopic (exact) mass is 184 g/mol. The minimum atomic E-state index is 0.0666. The average Bonchev–Trinajstić information content (AvgIpc) is 2.59. The third-order valence-electron chi connectivity index (χ3n) is 2.43. The summed E-state index contributed by atoms with van der Waals surface area (Å²) in [5, 5.41) is 0. The highest BCUT2D eigenvalue weighted by Crippen LogP contribution is 2.26. The number of H-pyrrole nitrogens is 1. The molecule has 1 aromatic rings. The molecule has 0 saturated carbocycles. The molecule has 1 saturated heterocycles. The van der Waals surface area contributed by atoms with Crippen molar-refractivity contribution >= 4 is 12.2 Å². The van der Waals surface area contributed by atoms with E-state index in [1.807, 2.05) is 12.4 Å². The van der Waals surface area contributed by atoms with E-state index >= 15 is 0 Å². The number of ether oxygens (including phenoxy) is 1. The van der Waals surface area contributed by atoms with Crippen molar-refractivity contribution in [1.29, 1.82) is 0 Å². The summed E-state index contributed by atoms with van der Waals surface area (Å²) in [5.41, 5.74) is 0.0666. The third kappa shape index (κ3) is 1.11. The molecule has 0 bridgehead atoms. The van der Waals surface area contributed by atoms with Crippen LogP contribution >= 0.6 is 12.2 Å². The quantitative estimate of drug-likeness (QED) is 0.673. The van der Waals surface area contributed by atoms with Crippen molar-refractivity contribution < 1.29 is 4.74 Å². The second kappa shape index (κ2) is 2.71. The van der Waals surface area contributed by atoms with Gasteiger partial charge in [0.2, 0.25) is 0 Å². The van der Waals surface area contributed by atoms with Gasteiger partial charge in [-0.3, -0.25) is 0 Å². The molecule has 4 heteroatoms. The predicted molar refractivity (Wildman–Crippen MR) is 48.7 cm³/mol. The molecule has 0 amide bonds. The fraction of sp³-hybridized carbons (Fsp3) is 0.625. The first-order valence-corrected chi connectivity index (χ1v) is 4.47. The van der Waals surface area contributed by atoms with Crippen molar-refractivity contribution in [2.45, 2.75) is 18.9 Å². The zero-order chi connectivity index (χ0) is 8.60. The van der Waals surface area contributed by atoms with Crippen LogP contribution in [0, 0.1) is 4.77 Å². The molecule has 0 radical (unpaired) electrons. The third-order valence-corrected chi connectivity index (χ3v) is 2.74. The highest BCUT2D eigenvalue weighted by Gasteiger charge is 2.31. The molecule has 0 aliphatic carbocycles. The Bertz CT molecular complexity index is 322. The van der Waals surface area contributed by atoms with Crippen molar-refractivity contribution in [3.05, 3.63) is 17.2 Å². The zero-order valence-corrected chi connectivity index (χ0v) is 7.86. The molecule has 66 valence electrons. The van der Waals surface area contributed by atoms with E-state index in [2.05, 4.69) is 16.5 Å². The van der Waals surface area contributed by atoms with Crippen molar-refractivity contribution in [2.24, 2.45) is 0 Å². The number of aromatic nitrogens is 2. The normalized spacial score (nSPS) is 29.4. The van der Waals surface area contributed by atoms with Crippen LogP contribution in [0.15, 0.2) is 12.4 Å². The minimum absolute atomic E-state index is 0.0666. The Morgan fingerprint density at radius 2 is 2.58 bits per heavy atom. The van der Waals surface area contributed by atoms with Gasteiger partial charge < -0.3 is 14.3 Å². The molecule has 1 aliphatic heterocycles. The lowest BCUT2D eigenvalue weighted by Gasteiger charge is -2.23. The molecular weight excluding hydrogens is 172 g/mol. The average molecular weight is 184 g/mol. The zero-order valence-electron chi connectivity index (χ0n) is 7.04. The largest absolute Gasteiger partial charge is 0.379 e. The Morgan fingerprint density at radius 1 is 1.75 bits per heavy atom. The highest BCUT2D eigenvalue weighted by atomic mass is 32.1. The first-order chi connectivity index (χ1) is 5.72. The molecular formula is C8H12N2OS. The Hall–Kier alpha value is -0.610. The smallest absolute Gasteiger partial charge is 0.177 e. The molecule has 0 aromatic carbocycles.